The summed E-state index contributed by atoms with van der Waals surface area (Å²) in [5.41, 5.74) is 4.13. The summed E-state index contributed by atoms with van der Waals surface area (Å²) in [5, 5.41) is -0.197. The molecule has 1 aromatic heterocycles. The summed E-state index contributed by atoms with van der Waals surface area (Å²) in [7, 11) is 0. The van der Waals surface area contributed by atoms with Crippen molar-refractivity contribution in [3.05, 3.63) is 28.5 Å². The highest BCUT2D eigenvalue weighted by atomic mass is 35.5. The molecule has 6 heteroatoms. The van der Waals surface area contributed by atoms with E-state index in [4.69, 9.17) is 17.3 Å². The number of hydrogen-bond acceptors (Lipinski definition) is 2. The number of alkyl halides is 3. The predicted molar refractivity (Wildman–Crippen MR) is 42.1 cm³/mol. The lowest BCUT2D eigenvalue weighted by Crippen LogP contribution is -2.12. The summed E-state index contributed by atoms with van der Waals surface area (Å²) in [5.74, 6) is 0. The molecule has 0 atom stereocenters. The maximum absolute atomic E-state index is 12.3. The Morgan fingerprint density at radius 1 is 1.46 bits per heavy atom. The molecule has 0 spiro atoms. The first-order chi connectivity index (χ1) is 5.96. The van der Waals surface area contributed by atoms with Crippen LogP contribution in [0.2, 0.25) is 5.15 Å². The Balaban J connectivity index is 3.29. The van der Waals surface area contributed by atoms with Gasteiger partial charge in [0.25, 0.3) is 0 Å². The third-order valence-corrected chi connectivity index (χ3v) is 1.84. The van der Waals surface area contributed by atoms with Gasteiger partial charge in [-0.05, 0) is 6.07 Å². The molecule has 13 heavy (non-hydrogen) atoms. The van der Waals surface area contributed by atoms with Gasteiger partial charge in [-0.25, -0.2) is 4.98 Å². The number of hydrogen-bond donors (Lipinski definition) is 1. The van der Waals surface area contributed by atoms with E-state index in [1.165, 1.54) is 0 Å². The first-order valence-electron chi connectivity index (χ1n) is 3.37. The molecule has 0 fully saturated rings. The van der Waals surface area contributed by atoms with Crippen molar-refractivity contribution in [1.29, 1.82) is 0 Å². The first kappa shape index (κ1) is 10.3. The van der Waals surface area contributed by atoms with E-state index in [0.717, 1.165) is 12.3 Å². The third-order valence-electron chi connectivity index (χ3n) is 1.51. The Bertz CT molecular complexity index is 311. The smallest absolute Gasteiger partial charge is 0.326 e. The van der Waals surface area contributed by atoms with Crippen LogP contribution in [-0.4, -0.2) is 4.98 Å². The normalized spacial score (nSPS) is 11.8. The van der Waals surface area contributed by atoms with Crippen molar-refractivity contribution in [2.75, 3.05) is 0 Å². The van der Waals surface area contributed by atoms with Crippen molar-refractivity contribution < 1.29 is 13.2 Å². The van der Waals surface area contributed by atoms with Crippen LogP contribution in [0.5, 0.6) is 0 Å². The largest absolute Gasteiger partial charge is 0.416 e. The van der Waals surface area contributed by atoms with Gasteiger partial charge in [0, 0.05) is 18.3 Å². The fourth-order valence-electron chi connectivity index (χ4n) is 0.927. The van der Waals surface area contributed by atoms with Gasteiger partial charge in [0.05, 0.1) is 5.56 Å². The van der Waals surface area contributed by atoms with E-state index in [0.29, 0.717) is 0 Å². The van der Waals surface area contributed by atoms with Crippen LogP contribution < -0.4 is 5.73 Å². The Hall–Kier alpha value is -0.810. The summed E-state index contributed by atoms with van der Waals surface area (Å²) in [6.07, 6.45) is -3.43. The van der Waals surface area contributed by atoms with Crippen molar-refractivity contribution >= 4 is 11.6 Å². The van der Waals surface area contributed by atoms with Gasteiger partial charge in [-0.15, -0.1) is 0 Å². The van der Waals surface area contributed by atoms with E-state index >= 15 is 0 Å². The Labute approximate surface area is 77.5 Å². The minimum atomic E-state index is -4.43. The molecule has 1 heterocycles. The summed E-state index contributed by atoms with van der Waals surface area (Å²) >= 11 is 5.44. The molecule has 0 aliphatic carbocycles. The maximum Gasteiger partial charge on any atom is 0.416 e. The highest BCUT2D eigenvalue weighted by molar-refractivity contribution is 6.30. The lowest BCUT2D eigenvalue weighted by atomic mass is 10.1. The quantitative estimate of drug-likeness (QED) is 0.722. The molecule has 0 amide bonds. The topological polar surface area (TPSA) is 38.9 Å². The van der Waals surface area contributed by atoms with E-state index in [2.05, 4.69) is 4.98 Å². The molecule has 0 radical (unpaired) electrons. The lowest BCUT2D eigenvalue weighted by molar-refractivity contribution is -0.138. The van der Waals surface area contributed by atoms with Gasteiger partial charge in [0.15, 0.2) is 0 Å². The van der Waals surface area contributed by atoms with Gasteiger partial charge in [-0.2, -0.15) is 13.2 Å². The summed E-state index contributed by atoms with van der Waals surface area (Å²) < 4.78 is 36.8. The van der Waals surface area contributed by atoms with E-state index in [-0.39, 0.29) is 17.3 Å². The monoisotopic (exact) mass is 210 g/mol. The number of halogens is 4. The SMILES string of the molecule is NCc1c(C(F)(F)F)ccnc1Cl. The van der Waals surface area contributed by atoms with Crippen LogP contribution in [0.15, 0.2) is 12.3 Å². The summed E-state index contributed by atoms with van der Waals surface area (Å²) in [6, 6.07) is 0.855. The maximum atomic E-state index is 12.3. The van der Waals surface area contributed by atoms with E-state index < -0.39 is 11.7 Å². The molecule has 1 rings (SSSR count). The van der Waals surface area contributed by atoms with Crippen molar-refractivity contribution in [3.8, 4) is 0 Å². The van der Waals surface area contributed by atoms with Crippen molar-refractivity contribution in [1.82, 2.24) is 4.98 Å². The highest BCUT2D eigenvalue weighted by Gasteiger charge is 2.33. The van der Waals surface area contributed by atoms with Gasteiger partial charge < -0.3 is 5.73 Å². The zero-order valence-electron chi connectivity index (χ0n) is 6.40. The zero-order valence-corrected chi connectivity index (χ0v) is 7.15. The van der Waals surface area contributed by atoms with Crippen LogP contribution in [0.4, 0.5) is 13.2 Å². The van der Waals surface area contributed by atoms with Crippen molar-refractivity contribution in [3.63, 3.8) is 0 Å². The average Bonchev–Trinajstić information content (AvgIpc) is 2.02. The number of aromatic nitrogens is 1. The van der Waals surface area contributed by atoms with Gasteiger partial charge >= 0.3 is 6.18 Å². The van der Waals surface area contributed by atoms with E-state index in [9.17, 15) is 13.2 Å². The molecule has 0 bridgehead atoms. The Morgan fingerprint density at radius 3 is 2.46 bits per heavy atom. The van der Waals surface area contributed by atoms with E-state index in [1.54, 1.807) is 0 Å². The summed E-state index contributed by atoms with van der Waals surface area (Å²) in [4.78, 5) is 3.51. The zero-order chi connectivity index (χ0) is 10.1. The van der Waals surface area contributed by atoms with Crippen molar-refractivity contribution in [2.45, 2.75) is 12.7 Å². The van der Waals surface area contributed by atoms with Gasteiger partial charge in [0.2, 0.25) is 0 Å². The molecular weight excluding hydrogens is 205 g/mol. The van der Waals surface area contributed by atoms with E-state index in [1.807, 2.05) is 0 Å². The molecule has 2 nitrogen and oxygen atoms in total. The minimum Gasteiger partial charge on any atom is -0.326 e. The second-order valence-corrected chi connectivity index (χ2v) is 2.69. The third kappa shape index (κ3) is 2.10. The second kappa shape index (κ2) is 3.51. The Kier molecular flexibility index (Phi) is 2.77. The van der Waals surface area contributed by atoms with Crippen molar-refractivity contribution in [2.24, 2.45) is 5.73 Å². The fourth-order valence-corrected chi connectivity index (χ4v) is 1.16. The predicted octanol–water partition coefficient (Wildman–Crippen LogP) is 2.21. The molecule has 0 aliphatic heterocycles. The molecular formula is C7H6ClF3N2. The van der Waals surface area contributed by atoms with Crippen LogP contribution in [0.1, 0.15) is 11.1 Å². The molecule has 0 unspecified atom stereocenters. The van der Waals surface area contributed by atoms with Gasteiger partial charge in [-0.3, -0.25) is 0 Å². The standard InChI is InChI=1S/C7H6ClF3N2/c8-6-4(3-12)5(1-2-13-6)7(9,10)11/h1-2H,3,12H2. The number of pyridine rings is 1. The molecule has 0 saturated heterocycles. The van der Waals surface area contributed by atoms with Crippen LogP contribution in [0, 0.1) is 0 Å². The average molecular weight is 211 g/mol. The minimum absolute atomic E-state index is 0.170. The van der Waals surface area contributed by atoms with Gasteiger partial charge in [-0.1, -0.05) is 11.6 Å². The van der Waals surface area contributed by atoms with Crippen LogP contribution in [0.3, 0.4) is 0 Å². The molecule has 1 aromatic rings. The Morgan fingerprint density at radius 2 is 2.08 bits per heavy atom. The molecule has 2 N–H and O–H groups in total. The van der Waals surface area contributed by atoms with Crippen LogP contribution >= 0.6 is 11.6 Å². The highest BCUT2D eigenvalue weighted by Crippen LogP contribution is 2.33. The molecule has 72 valence electrons. The number of nitrogens with two attached hydrogens (primary N) is 1. The van der Waals surface area contributed by atoms with Gasteiger partial charge in [0.1, 0.15) is 5.15 Å². The van der Waals surface area contributed by atoms with Crippen LogP contribution in [0.25, 0.3) is 0 Å². The van der Waals surface area contributed by atoms with Crippen LogP contribution in [-0.2, 0) is 12.7 Å². The first-order valence-corrected chi connectivity index (χ1v) is 3.75. The molecule has 0 aromatic carbocycles. The fraction of sp³-hybridized carbons (Fsp3) is 0.286. The number of nitrogens with zero attached hydrogens (tertiary/aromatic N) is 1. The lowest BCUT2D eigenvalue weighted by Gasteiger charge is -2.11. The molecule has 0 aliphatic rings. The summed E-state index contributed by atoms with van der Waals surface area (Å²) in [6.45, 7) is -0.276. The second-order valence-electron chi connectivity index (χ2n) is 2.33. The molecule has 0 saturated carbocycles. The number of rotatable bonds is 1.